The fourth-order valence-electron chi connectivity index (χ4n) is 2.68. The maximum Gasteiger partial charge on any atom is 0.222 e. The molecule has 1 amide bonds. The summed E-state index contributed by atoms with van der Waals surface area (Å²) in [6.07, 6.45) is 3.00. The molecule has 0 saturated carbocycles. The van der Waals surface area contributed by atoms with Crippen molar-refractivity contribution < 1.29 is 4.79 Å². The van der Waals surface area contributed by atoms with Gasteiger partial charge in [0.05, 0.1) is 0 Å². The van der Waals surface area contributed by atoms with E-state index in [2.05, 4.69) is 27.7 Å². The van der Waals surface area contributed by atoms with Crippen LogP contribution in [0.4, 0.5) is 0 Å². The number of carbonyl (C=O) groups excluding carboxylic acids is 1. The van der Waals surface area contributed by atoms with E-state index in [0.717, 1.165) is 43.7 Å². The molecule has 1 aliphatic rings. The fraction of sp³-hybridized carbons (Fsp3) is 0.923. The first kappa shape index (κ1) is 12.5. The van der Waals surface area contributed by atoms with Gasteiger partial charge in [0.2, 0.25) is 5.91 Å². The van der Waals surface area contributed by atoms with Gasteiger partial charge in [-0.1, -0.05) is 27.7 Å². The number of rotatable bonds is 5. The van der Waals surface area contributed by atoms with Gasteiger partial charge in [-0.25, -0.2) is 0 Å². The minimum atomic E-state index is 0.362. The first-order valence-corrected chi connectivity index (χ1v) is 6.30. The monoisotopic (exact) mass is 211 g/mol. The molecule has 0 bridgehead atoms. The van der Waals surface area contributed by atoms with E-state index in [-0.39, 0.29) is 0 Å². The summed E-state index contributed by atoms with van der Waals surface area (Å²) in [4.78, 5) is 13.5. The number of likely N-dealkylation sites (tertiary alicyclic amines) is 1. The number of carbonyl (C=O) groups is 1. The van der Waals surface area contributed by atoms with E-state index in [1.54, 1.807) is 0 Å². The molecule has 15 heavy (non-hydrogen) atoms. The minimum absolute atomic E-state index is 0.362. The summed E-state index contributed by atoms with van der Waals surface area (Å²) in [6, 6.07) is 0. The van der Waals surface area contributed by atoms with Gasteiger partial charge in [-0.15, -0.1) is 0 Å². The maximum atomic E-state index is 11.5. The predicted molar refractivity (Wildman–Crippen MR) is 63.6 cm³/mol. The lowest BCUT2D eigenvalue weighted by Gasteiger charge is -2.27. The Morgan fingerprint density at radius 3 is 2.20 bits per heavy atom. The van der Waals surface area contributed by atoms with E-state index in [9.17, 15) is 4.79 Å². The summed E-state index contributed by atoms with van der Waals surface area (Å²) in [7, 11) is 0. The van der Waals surface area contributed by atoms with Crippen LogP contribution in [0.3, 0.4) is 0 Å². The lowest BCUT2D eigenvalue weighted by Crippen LogP contribution is -2.29. The van der Waals surface area contributed by atoms with Crippen LogP contribution in [0.15, 0.2) is 0 Å². The summed E-state index contributed by atoms with van der Waals surface area (Å²) in [5, 5.41) is 0. The Hall–Kier alpha value is -0.530. The zero-order chi connectivity index (χ0) is 11.4. The van der Waals surface area contributed by atoms with Gasteiger partial charge in [0.1, 0.15) is 0 Å². The summed E-state index contributed by atoms with van der Waals surface area (Å²) < 4.78 is 0. The van der Waals surface area contributed by atoms with Crippen LogP contribution in [0.25, 0.3) is 0 Å². The highest BCUT2D eigenvalue weighted by atomic mass is 16.2. The van der Waals surface area contributed by atoms with Crippen LogP contribution in [0.2, 0.25) is 0 Å². The highest BCUT2D eigenvalue weighted by Gasteiger charge is 2.23. The van der Waals surface area contributed by atoms with Crippen molar-refractivity contribution in [2.45, 2.75) is 47.0 Å². The third-order valence-electron chi connectivity index (χ3n) is 3.62. The fourth-order valence-corrected chi connectivity index (χ4v) is 2.68. The smallest absolute Gasteiger partial charge is 0.222 e. The molecule has 0 aromatic heterocycles. The quantitative estimate of drug-likeness (QED) is 0.684. The summed E-state index contributed by atoms with van der Waals surface area (Å²) in [5.41, 5.74) is 0. The summed E-state index contributed by atoms with van der Waals surface area (Å²) >= 11 is 0. The molecule has 1 fully saturated rings. The second-order valence-electron chi connectivity index (χ2n) is 5.42. The average Bonchev–Trinajstić information content (AvgIpc) is 2.51. The van der Waals surface area contributed by atoms with Crippen LogP contribution in [-0.4, -0.2) is 23.9 Å². The minimum Gasteiger partial charge on any atom is -0.343 e. The zero-order valence-corrected chi connectivity index (χ0v) is 10.6. The van der Waals surface area contributed by atoms with E-state index in [4.69, 9.17) is 0 Å². The van der Waals surface area contributed by atoms with E-state index in [0.29, 0.717) is 5.91 Å². The third kappa shape index (κ3) is 3.51. The molecule has 1 saturated heterocycles. The maximum absolute atomic E-state index is 11.5. The normalized spacial score (nSPS) is 17.5. The summed E-state index contributed by atoms with van der Waals surface area (Å²) in [5.74, 6) is 2.56. The highest BCUT2D eigenvalue weighted by Crippen LogP contribution is 2.25. The molecular weight excluding hydrogens is 186 g/mol. The van der Waals surface area contributed by atoms with Crippen molar-refractivity contribution in [1.82, 2.24) is 4.90 Å². The Morgan fingerprint density at radius 2 is 1.80 bits per heavy atom. The second kappa shape index (κ2) is 5.53. The molecule has 2 heteroatoms. The lowest BCUT2D eigenvalue weighted by molar-refractivity contribution is -0.127. The van der Waals surface area contributed by atoms with Crippen molar-refractivity contribution in [3.63, 3.8) is 0 Å². The van der Waals surface area contributed by atoms with Crippen LogP contribution >= 0.6 is 0 Å². The molecule has 0 unspecified atom stereocenters. The molecule has 0 radical (unpaired) electrons. The Labute approximate surface area is 94.0 Å². The topological polar surface area (TPSA) is 20.3 Å². The standard InChI is InChI=1S/C13H25NO/c1-10(2)12(11(3)4)7-9-14-8-5-6-13(14)15/h10-12H,5-9H2,1-4H3. The van der Waals surface area contributed by atoms with Gasteiger partial charge < -0.3 is 4.90 Å². The molecule has 2 nitrogen and oxygen atoms in total. The number of hydrogen-bond acceptors (Lipinski definition) is 1. The molecule has 0 aliphatic carbocycles. The molecule has 1 rings (SSSR count). The third-order valence-corrected chi connectivity index (χ3v) is 3.62. The largest absolute Gasteiger partial charge is 0.343 e. The summed E-state index contributed by atoms with van der Waals surface area (Å²) in [6.45, 7) is 11.1. The van der Waals surface area contributed by atoms with Crippen molar-refractivity contribution in [2.75, 3.05) is 13.1 Å². The van der Waals surface area contributed by atoms with Gasteiger partial charge in [0.25, 0.3) is 0 Å². The van der Waals surface area contributed by atoms with E-state index >= 15 is 0 Å². The second-order valence-corrected chi connectivity index (χ2v) is 5.42. The molecule has 0 spiro atoms. The molecule has 0 aromatic rings. The molecule has 0 aromatic carbocycles. The Morgan fingerprint density at radius 1 is 1.20 bits per heavy atom. The van der Waals surface area contributed by atoms with Gasteiger partial charge in [0.15, 0.2) is 0 Å². The van der Waals surface area contributed by atoms with Crippen LogP contribution in [0.5, 0.6) is 0 Å². The Kier molecular flexibility index (Phi) is 4.62. The van der Waals surface area contributed by atoms with E-state index < -0.39 is 0 Å². The van der Waals surface area contributed by atoms with Crippen LogP contribution < -0.4 is 0 Å². The van der Waals surface area contributed by atoms with E-state index in [1.165, 1.54) is 6.42 Å². The molecular formula is C13H25NO. The average molecular weight is 211 g/mol. The van der Waals surface area contributed by atoms with Crippen molar-refractivity contribution in [3.05, 3.63) is 0 Å². The van der Waals surface area contributed by atoms with Gasteiger partial charge >= 0.3 is 0 Å². The molecule has 0 N–H and O–H groups in total. The number of amides is 1. The molecule has 1 heterocycles. The van der Waals surface area contributed by atoms with Crippen molar-refractivity contribution in [1.29, 1.82) is 0 Å². The molecule has 0 atom stereocenters. The van der Waals surface area contributed by atoms with Gasteiger partial charge in [-0.3, -0.25) is 4.79 Å². The van der Waals surface area contributed by atoms with Crippen LogP contribution in [0.1, 0.15) is 47.0 Å². The van der Waals surface area contributed by atoms with Crippen LogP contribution in [-0.2, 0) is 4.79 Å². The molecule has 1 aliphatic heterocycles. The van der Waals surface area contributed by atoms with Gasteiger partial charge in [-0.05, 0) is 30.6 Å². The van der Waals surface area contributed by atoms with E-state index in [1.807, 2.05) is 4.90 Å². The predicted octanol–water partition coefficient (Wildman–Crippen LogP) is 2.93. The Balaban J connectivity index is 2.36. The van der Waals surface area contributed by atoms with Crippen molar-refractivity contribution in [3.8, 4) is 0 Å². The van der Waals surface area contributed by atoms with Gasteiger partial charge in [-0.2, -0.15) is 0 Å². The van der Waals surface area contributed by atoms with Crippen molar-refractivity contribution >= 4 is 5.91 Å². The number of nitrogens with zero attached hydrogens (tertiary/aromatic N) is 1. The first-order valence-electron chi connectivity index (χ1n) is 6.30. The molecule has 88 valence electrons. The highest BCUT2D eigenvalue weighted by molar-refractivity contribution is 5.77. The zero-order valence-electron chi connectivity index (χ0n) is 10.6. The SMILES string of the molecule is CC(C)C(CCN1CCCC1=O)C(C)C. The van der Waals surface area contributed by atoms with Gasteiger partial charge in [0, 0.05) is 19.5 Å². The Bertz CT molecular complexity index is 203. The van der Waals surface area contributed by atoms with Crippen LogP contribution in [0, 0.1) is 17.8 Å². The first-order chi connectivity index (χ1) is 7.02. The van der Waals surface area contributed by atoms with Crippen molar-refractivity contribution in [2.24, 2.45) is 17.8 Å². The number of hydrogen-bond donors (Lipinski definition) is 0. The lowest BCUT2D eigenvalue weighted by atomic mass is 9.83.